The molecule has 3 nitrogen and oxygen atoms in total. The van der Waals surface area contributed by atoms with Crippen molar-refractivity contribution in [2.24, 2.45) is 7.05 Å². The Morgan fingerprint density at radius 3 is 1.94 bits per heavy atom. The van der Waals surface area contributed by atoms with Gasteiger partial charge in [-0.3, -0.25) is 4.84 Å². The fourth-order valence-corrected chi connectivity index (χ4v) is 1.53. The molecule has 82 valence electrons. The molecule has 2 heterocycles. The van der Waals surface area contributed by atoms with Crippen LogP contribution >= 0.6 is 0 Å². The van der Waals surface area contributed by atoms with Crippen LogP contribution in [-0.4, -0.2) is 6.61 Å². The van der Waals surface area contributed by atoms with E-state index in [9.17, 15) is 0 Å². The summed E-state index contributed by atoms with van der Waals surface area (Å²) in [5.74, 6) is 0. The normalized spacial score (nSPS) is 10.1. The summed E-state index contributed by atoms with van der Waals surface area (Å²) >= 11 is 0. The highest BCUT2D eigenvalue weighted by Gasteiger charge is 2.03. The summed E-state index contributed by atoms with van der Waals surface area (Å²) in [6, 6.07) is 8.29. The van der Waals surface area contributed by atoms with E-state index in [1.165, 1.54) is 11.1 Å². The lowest BCUT2D eigenvalue weighted by Gasteiger charge is -1.98. The number of nitrogens with zero attached hydrogens (tertiary/aromatic N) is 2. The van der Waals surface area contributed by atoms with Crippen molar-refractivity contribution < 1.29 is 14.1 Å². The number of aromatic nitrogens is 2. The quantitative estimate of drug-likeness (QED) is 0.697. The molecule has 2 rings (SSSR count). The summed E-state index contributed by atoms with van der Waals surface area (Å²) in [4.78, 5) is 5.33. The van der Waals surface area contributed by atoms with Gasteiger partial charge in [0.1, 0.15) is 7.05 Å². The Labute approximate surface area is 95.5 Å². The zero-order valence-corrected chi connectivity index (χ0v) is 9.63. The molecule has 0 saturated heterocycles. The molecule has 0 aliphatic heterocycles. The molecule has 0 spiro atoms. The van der Waals surface area contributed by atoms with Gasteiger partial charge >= 0.3 is 0 Å². The van der Waals surface area contributed by atoms with Crippen LogP contribution in [0.5, 0.6) is 0 Å². The minimum atomic E-state index is 0.672. The van der Waals surface area contributed by atoms with Gasteiger partial charge in [0.2, 0.25) is 12.4 Å². The summed E-state index contributed by atoms with van der Waals surface area (Å²) in [7, 11) is 2.01. The Morgan fingerprint density at radius 1 is 0.938 bits per heavy atom. The molecule has 0 aromatic carbocycles. The van der Waals surface area contributed by atoms with Gasteiger partial charge in [-0.2, -0.15) is 0 Å². The monoisotopic (exact) mass is 216 g/mol. The van der Waals surface area contributed by atoms with Gasteiger partial charge < -0.3 is 0 Å². The van der Waals surface area contributed by atoms with Crippen LogP contribution in [0.2, 0.25) is 0 Å². The molecule has 0 radical (unpaired) electrons. The van der Waals surface area contributed by atoms with E-state index in [0.717, 1.165) is 0 Å². The van der Waals surface area contributed by atoms with Crippen molar-refractivity contribution in [1.29, 1.82) is 0 Å². The minimum Gasteiger partial charge on any atom is -0.272 e. The maximum Gasteiger partial charge on any atom is 0.223 e. The maximum atomic E-state index is 5.33. The highest BCUT2D eigenvalue weighted by molar-refractivity contribution is 5.60. The molecule has 2 aromatic heterocycles. The first-order valence-electron chi connectivity index (χ1n) is 5.40. The zero-order chi connectivity index (χ0) is 11.4. The van der Waals surface area contributed by atoms with E-state index >= 15 is 0 Å². The zero-order valence-electron chi connectivity index (χ0n) is 9.63. The molecule has 0 aliphatic carbocycles. The largest absolute Gasteiger partial charge is 0.272 e. The smallest absolute Gasteiger partial charge is 0.223 e. The summed E-state index contributed by atoms with van der Waals surface area (Å²) < 4.78 is 3.74. The Morgan fingerprint density at radius 2 is 1.44 bits per heavy atom. The molecule has 16 heavy (non-hydrogen) atoms. The van der Waals surface area contributed by atoms with Gasteiger partial charge in [-0.1, -0.05) is 0 Å². The second-order valence-corrected chi connectivity index (χ2v) is 3.62. The number of aryl methyl sites for hydroxylation is 1. The first kappa shape index (κ1) is 10.6. The predicted molar refractivity (Wildman–Crippen MR) is 60.4 cm³/mol. The fraction of sp³-hybridized carbons (Fsp3) is 0.231. The number of pyridine rings is 2. The number of hydrogen-bond donors (Lipinski definition) is 0. The molecule has 0 fully saturated rings. The molecule has 3 heteroatoms. The number of hydrogen-bond acceptors (Lipinski definition) is 1. The average Bonchev–Trinajstić information content (AvgIpc) is 2.32. The fourth-order valence-electron chi connectivity index (χ4n) is 1.53. The SMILES string of the molecule is CCO[n+]1ccc(-c2cc[n+](C)cc2)cc1. The van der Waals surface area contributed by atoms with Crippen LogP contribution in [0.15, 0.2) is 49.1 Å². The Kier molecular flexibility index (Phi) is 3.15. The van der Waals surface area contributed by atoms with Gasteiger partial charge in [0, 0.05) is 29.0 Å². The van der Waals surface area contributed by atoms with Crippen molar-refractivity contribution in [2.75, 3.05) is 6.61 Å². The van der Waals surface area contributed by atoms with E-state index in [-0.39, 0.29) is 0 Å². The van der Waals surface area contributed by atoms with E-state index in [1.807, 2.05) is 55.5 Å². The van der Waals surface area contributed by atoms with E-state index < -0.39 is 0 Å². The van der Waals surface area contributed by atoms with E-state index in [2.05, 4.69) is 12.1 Å². The highest BCUT2D eigenvalue weighted by Crippen LogP contribution is 2.15. The lowest BCUT2D eigenvalue weighted by atomic mass is 10.1. The molecule has 0 N–H and O–H groups in total. The molecule has 0 amide bonds. The lowest BCUT2D eigenvalue weighted by molar-refractivity contribution is -0.890. The van der Waals surface area contributed by atoms with Gasteiger partial charge in [0.05, 0.1) is 0 Å². The summed E-state index contributed by atoms with van der Waals surface area (Å²) in [5, 5.41) is 0. The van der Waals surface area contributed by atoms with E-state index in [1.54, 1.807) is 4.73 Å². The Bertz CT molecular complexity index is 448. The molecular weight excluding hydrogens is 200 g/mol. The Balaban J connectivity index is 2.24. The molecule has 0 unspecified atom stereocenters. The van der Waals surface area contributed by atoms with Crippen LogP contribution in [0.4, 0.5) is 0 Å². The van der Waals surface area contributed by atoms with Crippen LogP contribution in [0.1, 0.15) is 6.92 Å². The van der Waals surface area contributed by atoms with Crippen molar-refractivity contribution in [3.8, 4) is 11.1 Å². The van der Waals surface area contributed by atoms with Crippen LogP contribution in [-0.2, 0) is 7.05 Å². The van der Waals surface area contributed by atoms with Gasteiger partial charge in [0.15, 0.2) is 19.0 Å². The van der Waals surface area contributed by atoms with Crippen LogP contribution < -0.4 is 14.1 Å². The molecule has 0 bridgehead atoms. The van der Waals surface area contributed by atoms with Crippen molar-refractivity contribution in [1.82, 2.24) is 0 Å². The highest BCUT2D eigenvalue weighted by atomic mass is 16.7. The molecule has 0 aliphatic rings. The first-order valence-corrected chi connectivity index (χ1v) is 5.40. The van der Waals surface area contributed by atoms with Crippen LogP contribution in [0.3, 0.4) is 0 Å². The van der Waals surface area contributed by atoms with Gasteiger partial charge in [-0.15, -0.1) is 0 Å². The Hall–Kier alpha value is -1.90. The standard InChI is InChI=1S/C13H16N2O/c1-3-16-15-10-6-13(7-11-15)12-4-8-14(2)9-5-12/h4-11H,3H2,1-2H3/q+2. The molecule has 2 aromatic rings. The third-order valence-corrected chi connectivity index (χ3v) is 2.39. The van der Waals surface area contributed by atoms with Crippen molar-refractivity contribution >= 4 is 0 Å². The summed E-state index contributed by atoms with van der Waals surface area (Å²) in [5.41, 5.74) is 2.40. The minimum absolute atomic E-state index is 0.672. The van der Waals surface area contributed by atoms with Crippen LogP contribution in [0.25, 0.3) is 11.1 Å². The van der Waals surface area contributed by atoms with Crippen molar-refractivity contribution in [3.63, 3.8) is 0 Å². The summed E-state index contributed by atoms with van der Waals surface area (Å²) in [6.45, 7) is 2.64. The maximum absolute atomic E-state index is 5.33. The summed E-state index contributed by atoms with van der Waals surface area (Å²) in [6.07, 6.45) is 7.93. The lowest BCUT2D eigenvalue weighted by Crippen LogP contribution is -2.41. The average molecular weight is 216 g/mol. The molecule has 0 saturated carbocycles. The van der Waals surface area contributed by atoms with Crippen LogP contribution in [0, 0.1) is 0 Å². The molecular formula is C13H16N2O+2. The third kappa shape index (κ3) is 2.37. The number of rotatable bonds is 3. The predicted octanol–water partition coefficient (Wildman–Crippen LogP) is 0.914. The van der Waals surface area contributed by atoms with E-state index in [0.29, 0.717) is 6.61 Å². The first-order chi connectivity index (χ1) is 7.79. The topological polar surface area (TPSA) is 17.0 Å². The van der Waals surface area contributed by atoms with Gasteiger partial charge in [-0.25, -0.2) is 4.57 Å². The van der Waals surface area contributed by atoms with Crippen molar-refractivity contribution in [2.45, 2.75) is 6.92 Å². The van der Waals surface area contributed by atoms with Crippen molar-refractivity contribution in [3.05, 3.63) is 49.1 Å². The van der Waals surface area contributed by atoms with Gasteiger partial charge in [-0.05, 0) is 18.1 Å². The second-order valence-electron chi connectivity index (χ2n) is 3.62. The third-order valence-electron chi connectivity index (χ3n) is 2.39. The van der Waals surface area contributed by atoms with Gasteiger partial charge in [0.25, 0.3) is 0 Å². The molecule has 0 atom stereocenters. The second kappa shape index (κ2) is 4.75. The van der Waals surface area contributed by atoms with E-state index in [4.69, 9.17) is 4.84 Å².